The lowest BCUT2D eigenvalue weighted by molar-refractivity contribution is -0.126. The molecule has 0 aromatic rings. The molecular formula is C12H22N2O. The van der Waals surface area contributed by atoms with Gasteiger partial charge in [0.25, 0.3) is 0 Å². The van der Waals surface area contributed by atoms with Crippen LogP contribution in [0.2, 0.25) is 0 Å². The lowest BCUT2D eigenvalue weighted by atomic mass is 9.96. The minimum Gasteiger partial charge on any atom is -0.355 e. The van der Waals surface area contributed by atoms with Crippen LogP contribution in [-0.2, 0) is 4.79 Å². The molecule has 0 spiro atoms. The van der Waals surface area contributed by atoms with E-state index in [1.165, 1.54) is 19.3 Å². The van der Waals surface area contributed by atoms with E-state index in [0.717, 1.165) is 32.5 Å². The first-order valence-electron chi connectivity index (χ1n) is 6.24. The number of carbonyl (C=O) groups excluding carboxylic acids is 1. The van der Waals surface area contributed by atoms with E-state index in [1.807, 2.05) is 0 Å². The van der Waals surface area contributed by atoms with Crippen LogP contribution < -0.4 is 10.6 Å². The maximum atomic E-state index is 11.8. The van der Waals surface area contributed by atoms with Gasteiger partial charge < -0.3 is 10.6 Å². The maximum absolute atomic E-state index is 11.8. The highest BCUT2D eigenvalue weighted by Crippen LogP contribution is 2.47. The summed E-state index contributed by atoms with van der Waals surface area (Å²) in [5, 5.41) is 6.42. The lowest BCUT2D eigenvalue weighted by Gasteiger charge is -2.23. The van der Waals surface area contributed by atoms with Crippen molar-refractivity contribution in [2.75, 3.05) is 19.6 Å². The van der Waals surface area contributed by atoms with Crippen LogP contribution in [0, 0.1) is 11.3 Å². The molecular weight excluding hydrogens is 188 g/mol. The molecule has 2 rings (SSSR count). The number of hydrogen-bond acceptors (Lipinski definition) is 2. The van der Waals surface area contributed by atoms with Crippen LogP contribution in [0.4, 0.5) is 0 Å². The predicted molar refractivity (Wildman–Crippen MR) is 60.6 cm³/mol. The summed E-state index contributed by atoms with van der Waals surface area (Å²) in [5.41, 5.74) is 0.475. The molecule has 0 aromatic heterocycles. The zero-order valence-electron chi connectivity index (χ0n) is 9.64. The summed E-state index contributed by atoms with van der Waals surface area (Å²) >= 11 is 0. The summed E-state index contributed by atoms with van der Waals surface area (Å²) in [5.74, 6) is 0.551. The van der Waals surface area contributed by atoms with Crippen LogP contribution in [0.15, 0.2) is 0 Å². The van der Waals surface area contributed by atoms with Crippen molar-refractivity contribution in [1.82, 2.24) is 10.6 Å². The molecule has 0 aromatic carbocycles. The van der Waals surface area contributed by atoms with E-state index in [-0.39, 0.29) is 11.8 Å². The first-order valence-corrected chi connectivity index (χ1v) is 6.24. The average molecular weight is 210 g/mol. The molecule has 1 heterocycles. The van der Waals surface area contributed by atoms with Gasteiger partial charge in [0.15, 0.2) is 0 Å². The monoisotopic (exact) mass is 210 g/mol. The third-order valence-electron chi connectivity index (χ3n) is 4.05. The zero-order chi connectivity index (χ0) is 10.7. The second-order valence-electron chi connectivity index (χ2n) is 5.10. The molecule has 2 aliphatic rings. The molecule has 86 valence electrons. The van der Waals surface area contributed by atoms with Crippen LogP contribution >= 0.6 is 0 Å². The molecule has 2 N–H and O–H groups in total. The Labute approximate surface area is 92.0 Å². The number of hydrogen-bond donors (Lipinski definition) is 2. The Morgan fingerprint density at radius 2 is 2.07 bits per heavy atom. The molecule has 0 bridgehead atoms. The fraction of sp³-hybridized carbons (Fsp3) is 0.917. The Morgan fingerprint density at radius 1 is 1.40 bits per heavy atom. The Morgan fingerprint density at radius 3 is 2.60 bits per heavy atom. The van der Waals surface area contributed by atoms with Gasteiger partial charge in [-0.2, -0.15) is 0 Å². The highest BCUT2D eigenvalue weighted by molar-refractivity contribution is 5.78. The quantitative estimate of drug-likeness (QED) is 0.734. The van der Waals surface area contributed by atoms with Gasteiger partial charge in [-0.3, -0.25) is 4.79 Å². The topological polar surface area (TPSA) is 41.1 Å². The number of piperidine rings is 1. The number of carbonyl (C=O) groups is 1. The number of rotatable bonds is 4. The van der Waals surface area contributed by atoms with Crippen LogP contribution in [0.3, 0.4) is 0 Å². The van der Waals surface area contributed by atoms with E-state index >= 15 is 0 Å². The first kappa shape index (κ1) is 10.9. The van der Waals surface area contributed by atoms with E-state index in [2.05, 4.69) is 17.6 Å². The molecule has 15 heavy (non-hydrogen) atoms. The highest BCUT2D eigenvalue weighted by Gasteiger charge is 2.40. The van der Waals surface area contributed by atoms with Gasteiger partial charge in [0.1, 0.15) is 0 Å². The van der Waals surface area contributed by atoms with Crippen molar-refractivity contribution < 1.29 is 4.79 Å². The van der Waals surface area contributed by atoms with E-state index in [4.69, 9.17) is 0 Å². The third kappa shape index (κ3) is 2.71. The Hall–Kier alpha value is -0.570. The van der Waals surface area contributed by atoms with Crippen molar-refractivity contribution in [1.29, 1.82) is 0 Å². The molecule has 1 aliphatic heterocycles. The molecule has 0 radical (unpaired) electrons. The number of nitrogens with one attached hydrogen (secondary N) is 2. The lowest BCUT2D eigenvalue weighted by Crippen LogP contribution is -2.40. The van der Waals surface area contributed by atoms with E-state index < -0.39 is 0 Å². The Bertz CT molecular complexity index is 230. The van der Waals surface area contributed by atoms with Crippen molar-refractivity contribution in [2.45, 2.75) is 39.0 Å². The molecule has 1 aliphatic carbocycles. The first-order chi connectivity index (χ1) is 7.26. The summed E-state index contributed by atoms with van der Waals surface area (Å²) < 4.78 is 0. The second kappa shape index (κ2) is 4.52. The minimum atomic E-state index is 0.263. The molecule has 0 unspecified atom stereocenters. The molecule has 0 atom stereocenters. The van der Waals surface area contributed by atoms with E-state index in [9.17, 15) is 4.79 Å². The zero-order valence-corrected chi connectivity index (χ0v) is 9.64. The summed E-state index contributed by atoms with van der Waals surface area (Å²) in [6, 6.07) is 0. The normalized spacial score (nSPS) is 24.9. The molecule has 3 heteroatoms. The smallest absolute Gasteiger partial charge is 0.223 e. The van der Waals surface area contributed by atoms with Gasteiger partial charge in [-0.25, -0.2) is 0 Å². The summed E-state index contributed by atoms with van der Waals surface area (Å²) in [6.45, 7) is 5.13. The van der Waals surface area contributed by atoms with E-state index in [1.54, 1.807) is 0 Å². The largest absolute Gasteiger partial charge is 0.355 e. The predicted octanol–water partition coefficient (Wildman–Crippen LogP) is 1.29. The van der Waals surface area contributed by atoms with Crippen LogP contribution in [0.5, 0.6) is 0 Å². The molecule has 1 amide bonds. The maximum Gasteiger partial charge on any atom is 0.223 e. The van der Waals surface area contributed by atoms with Gasteiger partial charge in [0.05, 0.1) is 0 Å². The van der Waals surface area contributed by atoms with Crippen LogP contribution in [0.25, 0.3) is 0 Å². The second-order valence-corrected chi connectivity index (χ2v) is 5.10. The summed E-state index contributed by atoms with van der Waals surface area (Å²) in [6.07, 6.45) is 5.82. The van der Waals surface area contributed by atoms with Crippen molar-refractivity contribution in [3.8, 4) is 0 Å². The van der Waals surface area contributed by atoms with Gasteiger partial charge in [0, 0.05) is 12.5 Å². The molecule has 3 nitrogen and oxygen atoms in total. The Balaban J connectivity index is 1.72. The van der Waals surface area contributed by atoms with E-state index in [0.29, 0.717) is 5.41 Å². The molecule has 2 fully saturated rings. The van der Waals surface area contributed by atoms with Crippen molar-refractivity contribution in [2.24, 2.45) is 11.3 Å². The highest BCUT2D eigenvalue weighted by atomic mass is 16.1. The van der Waals surface area contributed by atoms with Crippen molar-refractivity contribution >= 4 is 5.91 Å². The fourth-order valence-corrected chi connectivity index (χ4v) is 2.34. The summed E-state index contributed by atoms with van der Waals surface area (Å²) in [7, 11) is 0. The minimum absolute atomic E-state index is 0.263. The van der Waals surface area contributed by atoms with Gasteiger partial charge >= 0.3 is 0 Å². The Kier molecular flexibility index (Phi) is 3.29. The summed E-state index contributed by atoms with van der Waals surface area (Å²) in [4.78, 5) is 11.8. The fourth-order valence-electron chi connectivity index (χ4n) is 2.34. The molecule has 1 saturated heterocycles. The van der Waals surface area contributed by atoms with Crippen LogP contribution in [-0.4, -0.2) is 25.5 Å². The van der Waals surface area contributed by atoms with Crippen molar-refractivity contribution in [3.05, 3.63) is 0 Å². The number of amides is 1. The van der Waals surface area contributed by atoms with Crippen molar-refractivity contribution in [3.63, 3.8) is 0 Å². The van der Waals surface area contributed by atoms with Crippen LogP contribution in [0.1, 0.15) is 39.0 Å². The average Bonchev–Trinajstić information content (AvgIpc) is 3.08. The van der Waals surface area contributed by atoms with Gasteiger partial charge in [0.2, 0.25) is 5.91 Å². The van der Waals surface area contributed by atoms with Gasteiger partial charge in [-0.15, -0.1) is 0 Å². The molecule has 1 saturated carbocycles. The SMILES string of the molecule is CCC1(CNC(=O)C2CCNCC2)CC1. The standard InChI is InChI=1S/C12H22N2O/c1-2-12(5-6-12)9-14-11(15)10-3-7-13-8-4-10/h10,13H,2-9H2,1H3,(H,14,15). The van der Waals surface area contributed by atoms with Gasteiger partial charge in [-0.05, 0) is 50.6 Å². The third-order valence-corrected chi connectivity index (χ3v) is 4.05. The van der Waals surface area contributed by atoms with Gasteiger partial charge in [-0.1, -0.05) is 6.92 Å².